The molecule has 4 rings (SSSR count). The van der Waals surface area contributed by atoms with Crippen LogP contribution in [0.25, 0.3) is 10.9 Å². The highest BCUT2D eigenvalue weighted by molar-refractivity contribution is 7.10. The summed E-state index contributed by atoms with van der Waals surface area (Å²) in [5, 5.41) is 17.2. The lowest BCUT2D eigenvalue weighted by atomic mass is 10.0. The SMILES string of the molecule is COC(=O)c1cccc(NC(c2cccs2)c2ccc3cccnc3c2O)c1. The van der Waals surface area contributed by atoms with Crippen molar-refractivity contribution < 1.29 is 14.6 Å². The second-order valence-corrected chi connectivity index (χ2v) is 7.22. The van der Waals surface area contributed by atoms with Crippen molar-refractivity contribution >= 4 is 33.9 Å². The number of nitrogens with zero attached hydrogens (tertiary/aromatic N) is 1. The number of aromatic nitrogens is 1. The molecular formula is C22H18N2O3S. The maximum atomic E-state index is 11.9. The van der Waals surface area contributed by atoms with Crippen molar-refractivity contribution in [3.8, 4) is 5.75 Å². The molecule has 5 nitrogen and oxygen atoms in total. The molecule has 1 atom stereocenters. The molecule has 0 saturated heterocycles. The van der Waals surface area contributed by atoms with Gasteiger partial charge in [0.2, 0.25) is 0 Å². The topological polar surface area (TPSA) is 71.5 Å². The highest BCUT2D eigenvalue weighted by atomic mass is 32.1. The van der Waals surface area contributed by atoms with E-state index in [1.165, 1.54) is 7.11 Å². The number of esters is 1. The quantitative estimate of drug-likeness (QED) is 0.470. The minimum absolute atomic E-state index is 0.146. The van der Waals surface area contributed by atoms with Crippen LogP contribution in [0, 0.1) is 0 Å². The van der Waals surface area contributed by atoms with Gasteiger partial charge in [0.1, 0.15) is 11.3 Å². The van der Waals surface area contributed by atoms with Gasteiger partial charge in [0.25, 0.3) is 0 Å². The zero-order chi connectivity index (χ0) is 19.5. The van der Waals surface area contributed by atoms with E-state index < -0.39 is 5.97 Å². The van der Waals surface area contributed by atoms with E-state index >= 15 is 0 Å². The molecule has 0 aliphatic rings. The average Bonchev–Trinajstić information content (AvgIpc) is 3.27. The molecule has 140 valence electrons. The van der Waals surface area contributed by atoms with E-state index in [0.717, 1.165) is 21.5 Å². The number of anilines is 1. The summed E-state index contributed by atoms with van der Waals surface area (Å²) in [6.45, 7) is 0. The first-order chi connectivity index (χ1) is 13.7. The normalized spacial score (nSPS) is 11.9. The molecule has 2 aromatic heterocycles. The highest BCUT2D eigenvalue weighted by Crippen LogP contribution is 2.37. The zero-order valence-corrected chi connectivity index (χ0v) is 15.9. The summed E-state index contributed by atoms with van der Waals surface area (Å²) >= 11 is 1.59. The molecule has 2 heterocycles. The maximum absolute atomic E-state index is 11.9. The number of pyridine rings is 1. The van der Waals surface area contributed by atoms with Gasteiger partial charge in [-0.05, 0) is 35.7 Å². The van der Waals surface area contributed by atoms with Crippen molar-refractivity contribution in [2.75, 3.05) is 12.4 Å². The lowest BCUT2D eigenvalue weighted by molar-refractivity contribution is 0.0601. The van der Waals surface area contributed by atoms with Gasteiger partial charge in [0, 0.05) is 27.7 Å². The van der Waals surface area contributed by atoms with E-state index in [9.17, 15) is 9.90 Å². The minimum atomic E-state index is -0.394. The minimum Gasteiger partial charge on any atom is -0.505 e. The number of phenolic OH excluding ortho intramolecular Hbond substituents is 1. The van der Waals surface area contributed by atoms with Gasteiger partial charge < -0.3 is 15.2 Å². The lowest BCUT2D eigenvalue weighted by Gasteiger charge is -2.21. The van der Waals surface area contributed by atoms with E-state index in [4.69, 9.17) is 4.74 Å². The van der Waals surface area contributed by atoms with E-state index in [2.05, 4.69) is 10.3 Å². The van der Waals surface area contributed by atoms with E-state index in [1.54, 1.807) is 35.7 Å². The Hall–Kier alpha value is -3.38. The third-order valence-corrected chi connectivity index (χ3v) is 5.45. The van der Waals surface area contributed by atoms with Crippen LogP contribution in [0.4, 0.5) is 5.69 Å². The molecule has 0 fully saturated rings. The van der Waals surface area contributed by atoms with Crippen molar-refractivity contribution in [1.82, 2.24) is 4.98 Å². The molecule has 4 aromatic rings. The van der Waals surface area contributed by atoms with Crippen LogP contribution in [-0.4, -0.2) is 23.2 Å². The fourth-order valence-corrected chi connectivity index (χ4v) is 3.95. The van der Waals surface area contributed by atoms with Gasteiger partial charge in [-0.25, -0.2) is 4.79 Å². The Kier molecular flexibility index (Phi) is 4.95. The molecule has 0 aliphatic carbocycles. The first-order valence-corrected chi connectivity index (χ1v) is 9.60. The fraction of sp³-hybridized carbons (Fsp3) is 0.0909. The Morgan fingerprint density at radius 1 is 1.14 bits per heavy atom. The summed E-state index contributed by atoms with van der Waals surface area (Å²) in [5.41, 5.74) is 2.49. The Bertz CT molecular complexity index is 1130. The van der Waals surface area contributed by atoms with Gasteiger partial charge in [-0.2, -0.15) is 0 Å². The number of hydrogen-bond acceptors (Lipinski definition) is 6. The Morgan fingerprint density at radius 2 is 2.04 bits per heavy atom. The van der Waals surface area contributed by atoms with Gasteiger partial charge in [-0.1, -0.05) is 30.3 Å². The summed E-state index contributed by atoms with van der Waals surface area (Å²) in [6, 6.07) is 18.4. The molecule has 0 saturated carbocycles. The largest absolute Gasteiger partial charge is 0.505 e. The number of carbonyl (C=O) groups excluding carboxylic acids is 1. The van der Waals surface area contributed by atoms with Crippen LogP contribution in [0.5, 0.6) is 5.75 Å². The van der Waals surface area contributed by atoms with Gasteiger partial charge in [-0.15, -0.1) is 11.3 Å². The average molecular weight is 390 g/mol. The molecule has 0 bridgehead atoms. The number of methoxy groups -OCH3 is 1. The van der Waals surface area contributed by atoms with Crippen LogP contribution >= 0.6 is 11.3 Å². The van der Waals surface area contributed by atoms with Crippen molar-refractivity contribution in [2.45, 2.75) is 6.04 Å². The van der Waals surface area contributed by atoms with Crippen LogP contribution in [-0.2, 0) is 4.74 Å². The molecule has 2 N–H and O–H groups in total. The van der Waals surface area contributed by atoms with Crippen molar-refractivity contribution in [3.63, 3.8) is 0 Å². The summed E-state index contributed by atoms with van der Waals surface area (Å²) in [5.74, 6) is -0.248. The number of nitrogens with one attached hydrogen (secondary N) is 1. The molecule has 28 heavy (non-hydrogen) atoms. The summed E-state index contributed by atoms with van der Waals surface area (Å²) in [7, 11) is 1.36. The number of phenols is 1. The summed E-state index contributed by atoms with van der Waals surface area (Å²) < 4.78 is 4.81. The molecule has 1 unspecified atom stereocenters. The maximum Gasteiger partial charge on any atom is 0.337 e. The van der Waals surface area contributed by atoms with Crippen molar-refractivity contribution in [1.29, 1.82) is 0 Å². The first-order valence-electron chi connectivity index (χ1n) is 8.72. The Balaban J connectivity index is 1.78. The molecule has 0 radical (unpaired) electrons. The number of hydrogen-bond donors (Lipinski definition) is 2. The van der Waals surface area contributed by atoms with E-state index in [0.29, 0.717) is 11.1 Å². The van der Waals surface area contributed by atoms with Gasteiger partial charge in [0.15, 0.2) is 0 Å². The lowest BCUT2D eigenvalue weighted by Crippen LogP contribution is -2.12. The number of thiophene rings is 1. The second-order valence-electron chi connectivity index (χ2n) is 6.24. The van der Waals surface area contributed by atoms with E-state index in [1.807, 2.05) is 47.8 Å². The standard InChI is InChI=1S/C22H18N2O3S/c1-27-22(26)15-5-2-7-16(13-15)24-20(18-8-4-12-28-18)17-10-9-14-6-3-11-23-19(14)21(17)25/h2-13,20,24-25H,1H3. The monoisotopic (exact) mass is 390 g/mol. The van der Waals surface area contributed by atoms with E-state index in [-0.39, 0.29) is 11.8 Å². The van der Waals surface area contributed by atoms with Crippen molar-refractivity contribution in [2.24, 2.45) is 0 Å². The van der Waals surface area contributed by atoms with Gasteiger partial charge >= 0.3 is 5.97 Å². The molecule has 0 aliphatic heterocycles. The van der Waals surface area contributed by atoms with Crippen LogP contribution in [0.15, 0.2) is 72.2 Å². The van der Waals surface area contributed by atoms with Crippen molar-refractivity contribution in [3.05, 3.63) is 88.2 Å². The first kappa shape index (κ1) is 18.0. The summed E-state index contributed by atoms with van der Waals surface area (Å²) in [4.78, 5) is 17.2. The zero-order valence-electron chi connectivity index (χ0n) is 15.1. The molecule has 6 heteroatoms. The van der Waals surface area contributed by atoms with Crippen LogP contribution in [0.1, 0.15) is 26.8 Å². The van der Waals surface area contributed by atoms with Crippen LogP contribution < -0.4 is 5.32 Å². The molecule has 0 spiro atoms. The van der Waals surface area contributed by atoms with Crippen LogP contribution in [0.3, 0.4) is 0 Å². The predicted octanol–water partition coefficient (Wildman–Crippen LogP) is 4.99. The molecular weight excluding hydrogens is 372 g/mol. The number of ether oxygens (including phenoxy) is 1. The predicted molar refractivity (Wildman–Crippen MR) is 111 cm³/mol. The molecule has 2 aromatic carbocycles. The third kappa shape index (κ3) is 3.42. The number of aromatic hydroxyl groups is 1. The smallest absolute Gasteiger partial charge is 0.337 e. The Labute approximate surface area is 166 Å². The van der Waals surface area contributed by atoms with Gasteiger partial charge in [0.05, 0.1) is 18.7 Å². The van der Waals surface area contributed by atoms with Crippen LogP contribution in [0.2, 0.25) is 0 Å². The number of fused-ring (bicyclic) bond motifs is 1. The third-order valence-electron chi connectivity index (χ3n) is 4.51. The number of benzene rings is 2. The van der Waals surface area contributed by atoms with Gasteiger partial charge in [-0.3, -0.25) is 4.98 Å². The number of rotatable bonds is 5. The molecule has 0 amide bonds. The summed E-state index contributed by atoms with van der Waals surface area (Å²) in [6.07, 6.45) is 1.67. The Morgan fingerprint density at radius 3 is 2.82 bits per heavy atom. The second kappa shape index (κ2) is 7.70. The number of carbonyl (C=O) groups is 1. The highest BCUT2D eigenvalue weighted by Gasteiger charge is 2.21. The fourth-order valence-electron chi connectivity index (χ4n) is 3.16.